The number of rotatable bonds is 6. The fourth-order valence-corrected chi connectivity index (χ4v) is 4.27. The van der Waals surface area contributed by atoms with Gasteiger partial charge in [-0.15, -0.1) is 11.3 Å². The van der Waals surface area contributed by atoms with Gasteiger partial charge in [-0.2, -0.15) is 0 Å². The van der Waals surface area contributed by atoms with Gasteiger partial charge in [-0.05, 0) is 54.6 Å². The molecule has 27 heavy (non-hydrogen) atoms. The van der Waals surface area contributed by atoms with E-state index in [1.54, 1.807) is 38.6 Å². The monoisotopic (exact) mass is 386 g/mol. The maximum atomic E-state index is 12.9. The number of methoxy groups -OCH3 is 2. The van der Waals surface area contributed by atoms with Crippen LogP contribution in [0, 0.1) is 5.92 Å². The summed E-state index contributed by atoms with van der Waals surface area (Å²) in [5.74, 6) is -0.433. The van der Waals surface area contributed by atoms with Crippen molar-refractivity contribution >= 4 is 28.7 Å². The van der Waals surface area contributed by atoms with Crippen LogP contribution in [-0.4, -0.2) is 32.6 Å². The van der Waals surface area contributed by atoms with Gasteiger partial charge < -0.3 is 14.2 Å². The number of carbonyl (C=O) groups excluding carboxylic acids is 2. The molecule has 0 bridgehead atoms. The SMILES string of the molecule is CCOC(=O)[C@H]1C(=O)C=C(c2cc(OC)ccc2OC)C[C@H]1c1cccs1. The van der Waals surface area contributed by atoms with Gasteiger partial charge in [0.1, 0.15) is 17.4 Å². The van der Waals surface area contributed by atoms with Crippen molar-refractivity contribution in [3.05, 3.63) is 52.2 Å². The number of thiophene rings is 1. The summed E-state index contributed by atoms with van der Waals surface area (Å²) in [6, 6.07) is 9.37. The Kier molecular flexibility index (Phi) is 5.96. The largest absolute Gasteiger partial charge is 0.497 e. The van der Waals surface area contributed by atoms with Crippen molar-refractivity contribution in [2.45, 2.75) is 19.3 Å². The second kappa shape index (κ2) is 8.39. The van der Waals surface area contributed by atoms with Crippen LogP contribution in [0.2, 0.25) is 0 Å². The number of allylic oxidation sites excluding steroid dienone is 2. The highest BCUT2D eigenvalue weighted by Crippen LogP contribution is 2.44. The Morgan fingerprint density at radius 2 is 2.04 bits per heavy atom. The van der Waals surface area contributed by atoms with Crippen LogP contribution in [0.5, 0.6) is 11.5 Å². The molecule has 0 radical (unpaired) electrons. The summed E-state index contributed by atoms with van der Waals surface area (Å²) in [5, 5.41) is 1.95. The molecule has 1 aliphatic carbocycles. The van der Waals surface area contributed by atoms with Gasteiger partial charge >= 0.3 is 5.97 Å². The summed E-state index contributed by atoms with van der Waals surface area (Å²) in [6.07, 6.45) is 2.09. The molecule has 3 rings (SSSR count). The second-order valence-electron chi connectivity index (χ2n) is 6.19. The molecule has 1 heterocycles. The van der Waals surface area contributed by atoms with Gasteiger partial charge in [-0.1, -0.05) is 6.07 Å². The third kappa shape index (κ3) is 3.90. The zero-order valence-corrected chi connectivity index (χ0v) is 16.4. The molecule has 2 atom stereocenters. The maximum Gasteiger partial charge on any atom is 0.317 e. The molecule has 0 amide bonds. The van der Waals surface area contributed by atoms with Crippen LogP contribution in [0.25, 0.3) is 5.57 Å². The van der Waals surface area contributed by atoms with Gasteiger partial charge in [0.15, 0.2) is 5.78 Å². The van der Waals surface area contributed by atoms with E-state index in [9.17, 15) is 9.59 Å². The first-order valence-corrected chi connectivity index (χ1v) is 9.63. The highest BCUT2D eigenvalue weighted by atomic mass is 32.1. The molecule has 142 valence electrons. The lowest BCUT2D eigenvalue weighted by molar-refractivity contribution is -0.151. The van der Waals surface area contributed by atoms with Gasteiger partial charge in [0.2, 0.25) is 0 Å². The first kappa shape index (κ1) is 19.2. The third-order valence-corrected chi connectivity index (χ3v) is 5.67. The van der Waals surface area contributed by atoms with E-state index in [4.69, 9.17) is 14.2 Å². The smallest absolute Gasteiger partial charge is 0.317 e. The number of benzene rings is 1. The standard InChI is InChI=1S/C21H22O5S/c1-4-26-21(23)20-16(19-6-5-9-27-19)10-13(11-17(20)22)15-12-14(24-2)7-8-18(15)25-3/h5-9,11-12,16,20H,4,10H2,1-3H3/t16-,20+/m0/s1. The lowest BCUT2D eigenvalue weighted by Gasteiger charge is -2.29. The van der Waals surface area contributed by atoms with Crippen molar-refractivity contribution in [3.63, 3.8) is 0 Å². The Bertz CT molecular complexity index is 853. The number of hydrogen-bond donors (Lipinski definition) is 0. The van der Waals surface area contributed by atoms with E-state index >= 15 is 0 Å². The Hall–Kier alpha value is -2.60. The molecule has 0 unspecified atom stereocenters. The number of esters is 1. The van der Waals surface area contributed by atoms with Crippen molar-refractivity contribution in [2.24, 2.45) is 5.92 Å². The fourth-order valence-electron chi connectivity index (χ4n) is 3.41. The van der Waals surface area contributed by atoms with E-state index in [-0.39, 0.29) is 18.3 Å². The van der Waals surface area contributed by atoms with E-state index in [2.05, 4.69) is 0 Å². The predicted molar refractivity (Wildman–Crippen MR) is 104 cm³/mol. The zero-order valence-electron chi connectivity index (χ0n) is 15.6. The Morgan fingerprint density at radius 3 is 2.67 bits per heavy atom. The second-order valence-corrected chi connectivity index (χ2v) is 7.17. The molecule has 1 aromatic heterocycles. The first-order valence-electron chi connectivity index (χ1n) is 8.75. The van der Waals surface area contributed by atoms with Crippen molar-refractivity contribution in [1.29, 1.82) is 0 Å². The van der Waals surface area contributed by atoms with E-state index in [1.807, 2.05) is 35.7 Å². The van der Waals surface area contributed by atoms with Gasteiger partial charge in [0, 0.05) is 16.4 Å². The molecule has 0 aliphatic heterocycles. The van der Waals surface area contributed by atoms with E-state index < -0.39 is 11.9 Å². The lowest BCUT2D eigenvalue weighted by Crippen LogP contribution is -2.33. The van der Waals surface area contributed by atoms with Crippen molar-refractivity contribution in [3.8, 4) is 11.5 Å². The van der Waals surface area contributed by atoms with Crippen LogP contribution in [0.4, 0.5) is 0 Å². The summed E-state index contributed by atoms with van der Waals surface area (Å²) in [7, 11) is 3.19. The number of carbonyl (C=O) groups is 2. The molecular weight excluding hydrogens is 364 g/mol. The summed E-state index contributed by atoms with van der Waals surface area (Å²) in [6.45, 7) is 1.99. The van der Waals surface area contributed by atoms with Crippen LogP contribution in [0.15, 0.2) is 41.8 Å². The van der Waals surface area contributed by atoms with E-state index in [0.29, 0.717) is 17.9 Å². The number of ether oxygens (including phenoxy) is 3. The molecule has 5 nitrogen and oxygen atoms in total. The Labute approximate surface area is 162 Å². The lowest BCUT2D eigenvalue weighted by atomic mass is 9.76. The summed E-state index contributed by atoms with van der Waals surface area (Å²) < 4.78 is 16.0. The molecule has 0 saturated heterocycles. The topological polar surface area (TPSA) is 61.8 Å². The first-order chi connectivity index (χ1) is 13.1. The molecule has 1 aromatic carbocycles. The summed E-state index contributed by atoms with van der Waals surface area (Å²) in [4.78, 5) is 26.4. The molecular formula is C21H22O5S. The quantitative estimate of drug-likeness (QED) is 0.553. The molecule has 2 aromatic rings. The normalized spacial score (nSPS) is 19.4. The summed E-state index contributed by atoms with van der Waals surface area (Å²) >= 11 is 1.54. The molecule has 0 spiro atoms. The third-order valence-electron chi connectivity index (χ3n) is 4.67. The predicted octanol–water partition coefficient (Wildman–Crippen LogP) is 4.08. The Morgan fingerprint density at radius 1 is 1.22 bits per heavy atom. The highest BCUT2D eigenvalue weighted by Gasteiger charge is 2.40. The minimum Gasteiger partial charge on any atom is -0.497 e. The molecule has 6 heteroatoms. The van der Waals surface area contributed by atoms with Crippen LogP contribution >= 0.6 is 11.3 Å². The fraction of sp³-hybridized carbons (Fsp3) is 0.333. The molecule has 1 aliphatic rings. The number of ketones is 1. The van der Waals surface area contributed by atoms with Crippen LogP contribution < -0.4 is 9.47 Å². The van der Waals surface area contributed by atoms with Crippen molar-refractivity contribution in [1.82, 2.24) is 0 Å². The molecule has 0 N–H and O–H groups in total. The van der Waals surface area contributed by atoms with Gasteiger partial charge in [0.25, 0.3) is 0 Å². The van der Waals surface area contributed by atoms with Gasteiger partial charge in [0.05, 0.1) is 20.8 Å². The molecule has 0 fully saturated rings. The minimum absolute atomic E-state index is 0.238. The zero-order chi connectivity index (χ0) is 19.4. The average Bonchev–Trinajstić information content (AvgIpc) is 3.21. The van der Waals surface area contributed by atoms with Gasteiger partial charge in [-0.3, -0.25) is 9.59 Å². The van der Waals surface area contributed by atoms with E-state index in [1.165, 1.54) is 0 Å². The molecule has 0 saturated carbocycles. The maximum absolute atomic E-state index is 12.9. The minimum atomic E-state index is -0.816. The highest BCUT2D eigenvalue weighted by molar-refractivity contribution is 7.10. The van der Waals surface area contributed by atoms with E-state index in [0.717, 1.165) is 16.0 Å². The van der Waals surface area contributed by atoms with Crippen LogP contribution in [0.1, 0.15) is 29.7 Å². The number of hydrogen-bond acceptors (Lipinski definition) is 6. The Balaban J connectivity index is 2.05. The van der Waals surface area contributed by atoms with Crippen molar-refractivity contribution < 1.29 is 23.8 Å². The summed E-state index contributed by atoms with van der Waals surface area (Å²) in [5.41, 5.74) is 1.63. The van der Waals surface area contributed by atoms with Crippen molar-refractivity contribution in [2.75, 3.05) is 20.8 Å². The van der Waals surface area contributed by atoms with Crippen LogP contribution in [-0.2, 0) is 14.3 Å². The van der Waals surface area contributed by atoms with Crippen LogP contribution in [0.3, 0.4) is 0 Å². The van der Waals surface area contributed by atoms with Gasteiger partial charge in [-0.25, -0.2) is 0 Å². The average molecular weight is 386 g/mol.